The van der Waals surface area contributed by atoms with Crippen molar-refractivity contribution in [1.29, 1.82) is 0 Å². The minimum absolute atomic E-state index is 0.210. The topological polar surface area (TPSA) is 55.1 Å². The summed E-state index contributed by atoms with van der Waals surface area (Å²) in [6.45, 7) is 0. The zero-order chi connectivity index (χ0) is 24.2. The zero-order valence-electron chi connectivity index (χ0n) is 18.7. The van der Waals surface area contributed by atoms with Crippen molar-refractivity contribution in [2.24, 2.45) is 0 Å². The summed E-state index contributed by atoms with van der Waals surface area (Å²) >= 11 is -1.62. The fraction of sp³-hybridized carbons (Fsp3) is 0.0345. The van der Waals surface area contributed by atoms with E-state index in [-0.39, 0.29) is 11.4 Å². The second-order valence-corrected chi connectivity index (χ2v) is 12.1. The van der Waals surface area contributed by atoms with E-state index < -0.39 is 13.9 Å². The van der Waals surface area contributed by atoms with Crippen LogP contribution in [0, 0.1) is 5.82 Å². The molecule has 0 atom stereocenters. The van der Waals surface area contributed by atoms with Gasteiger partial charge in [0.05, 0.1) is 0 Å². The molecule has 0 saturated carbocycles. The summed E-state index contributed by atoms with van der Waals surface area (Å²) in [5.74, 6) is 0.393. The second-order valence-electron chi connectivity index (χ2n) is 7.84. The maximum atomic E-state index is 13.6. The maximum absolute atomic E-state index is 13.6. The predicted octanol–water partition coefficient (Wildman–Crippen LogP) is 4.55. The molecule has 0 saturated heterocycles. The van der Waals surface area contributed by atoms with Crippen molar-refractivity contribution in [1.82, 2.24) is 9.55 Å². The SMILES string of the molecule is O=c1c2ccccc2nc(/C=C/C[Se](c2ccccc2)c2ccccc2O)n1-c1ccc(F)cc1. The van der Waals surface area contributed by atoms with E-state index in [1.807, 2.05) is 60.7 Å². The molecule has 0 aliphatic heterocycles. The molecule has 0 aliphatic carbocycles. The fourth-order valence-electron chi connectivity index (χ4n) is 3.91. The molecule has 6 heteroatoms. The number of phenolic OH excluding ortho intramolecular Hbond substituents is 1. The van der Waals surface area contributed by atoms with Crippen molar-refractivity contribution in [3.8, 4) is 11.4 Å². The van der Waals surface area contributed by atoms with Crippen molar-refractivity contribution in [2.75, 3.05) is 0 Å². The predicted molar refractivity (Wildman–Crippen MR) is 141 cm³/mol. The normalized spacial score (nSPS) is 11.5. The van der Waals surface area contributed by atoms with Crippen LogP contribution in [0.5, 0.6) is 5.75 Å². The number of hydrogen-bond donors (Lipinski definition) is 1. The van der Waals surface area contributed by atoms with E-state index in [2.05, 4.69) is 12.1 Å². The van der Waals surface area contributed by atoms with Gasteiger partial charge in [0.25, 0.3) is 0 Å². The molecule has 1 heterocycles. The first kappa shape index (κ1) is 22.8. The van der Waals surface area contributed by atoms with E-state index in [0.29, 0.717) is 33.5 Å². The molecule has 1 aromatic heterocycles. The van der Waals surface area contributed by atoms with Crippen LogP contribution < -0.4 is 14.5 Å². The van der Waals surface area contributed by atoms with Gasteiger partial charge in [-0.15, -0.1) is 0 Å². The quantitative estimate of drug-likeness (QED) is 0.329. The van der Waals surface area contributed by atoms with E-state index in [9.17, 15) is 14.3 Å². The van der Waals surface area contributed by atoms with Gasteiger partial charge in [-0.1, -0.05) is 0 Å². The molecule has 0 fully saturated rings. The Morgan fingerprint density at radius 2 is 1.54 bits per heavy atom. The number of phenols is 1. The van der Waals surface area contributed by atoms with E-state index in [1.165, 1.54) is 21.2 Å². The van der Waals surface area contributed by atoms with E-state index >= 15 is 0 Å². The number of para-hydroxylation sites is 2. The van der Waals surface area contributed by atoms with Crippen molar-refractivity contribution in [2.45, 2.75) is 5.32 Å². The third kappa shape index (κ3) is 4.80. The number of aromatic nitrogens is 2. The number of benzene rings is 4. The van der Waals surface area contributed by atoms with Crippen LogP contribution in [-0.4, -0.2) is 28.6 Å². The molecule has 4 aromatic carbocycles. The fourth-order valence-corrected chi connectivity index (χ4v) is 8.03. The number of halogens is 1. The third-order valence-electron chi connectivity index (χ3n) is 5.57. The summed E-state index contributed by atoms with van der Waals surface area (Å²) < 4.78 is 17.2. The van der Waals surface area contributed by atoms with Crippen LogP contribution in [0.2, 0.25) is 5.32 Å². The molecular formula is C29H22FN2O2Se. The molecule has 0 amide bonds. The molecule has 0 aliphatic rings. The van der Waals surface area contributed by atoms with Gasteiger partial charge in [-0.3, -0.25) is 0 Å². The van der Waals surface area contributed by atoms with Crippen LogP contribution >= 0.6 is 0 Å². The van der Waals surface area contributed by atoms with Gasteiger partial charge in [-0.2, -0.15) is 0 Å². The second kappa shape index (κ2) is 10.1. The summed E-state index contributed by atoms with van der Waals surface area (Å²) in [7, 11) is 0. The van der Waals surface area contributed by atoms with Gasteiger partial charge in [0.2, 0.25) is 0 Å². The van der Waals surface area contributed by atoms with Crippen LogP contribution in [0.4, 0.5) is 4.39 Å². The first-order valence-corrected chi connectivity index (χ1v) is 14.0. The third-order valence-corrected chi connectivity index (χ3v) is 10.3. The monoisotopic (exact) mass is 529 g/mol. The number of fused-ring (bicyclic) bond motifs is 1. The van der Waals surface area contributed by atoms with Crippen LogP contribution in [0.15, 0.2) is 114 Å². The summed E-state index contributed by atoms with van der Waals surface area (Å²) in [4.78, 5) is 18.1. The Labute approximate surface area is 206 Å². The Kier molecular flexibility index (Phi) is 6.57. The van der Waals surface area contributed by atoms with Gasteiger partial charge in [0, 0.05) is 0 Å². The molecule has 173 valence electrons. The van der Waals surface area contributed by atoms with Gasteiger partial charge in [0.1, 0.15) is 0 Å². The molecule has 0 unspecified atom stereocenters. The molecule has 0 spiro atoms. The number of hydrogen-bond acceptors (Lipinski definition) is 3. The first-order chi connectivity index (χ1) is 17.1. The average Bonchev–Trinajstić information content (AvgIpc) is 2.89. The Balaban J connectivity index is 1.58. The first-order valence-electron chi connectivity index (χ1n) is 11.1. The zero-order valence-corrected chi connectivity index (χ0v) is 20.4. The molecule has 1 N–H and O–H groups in total. The van der Waals surface area contributed by atoms with Crippen molar-refractivity contribution in [3.63, 3.8) is 0 Å². The number of nitrogens with zero attached hydrogens (tertiary/aromatic N) is 2. The molecule has 4 nitrogen and oxygen atoms in total. The van der Waals surface area contributed by atoms with Gasteiger partial charge >= 0.3 is 207 Å². The van der Waals surface area contributed by atoms with E-state index in [1.54, 1.807) is 30.3 Å². The summed E-state index contributed by atoms with van der Waals surface area (Å²) in [6, 6.07) is 30.7. The Bertz CT molecular complexity index is 1560. The van der Waals surface area contributed by atoms with Crippen molar-refractivity contribution >= 4 is 39.8 Å². The summed E-state index contributed by atoms with van der Waals surface area (Å²) in [5.41, 5.74) is 0.940. The van der Waals surface area contributed by atoms with Crippen LogP contribution in [0.25, 0.3) is 22.7 Å². The molecule has 0 bridgehead atoms. The molecular weight excluding hydrogens is 506 g/mol. The molecule has 1 radical (unpaired) electrons. The van der Waals surface area contributed by atoms with Gasteiger partial charge in [-0.05, 0) is 0 Å². The van der Waals surface area contributed by atoms with Gasteiger partial charge in [0.15, 0.2) is 0 Å². The molecule has 35 heavy (non-hydrogen) atoms. The van der Waals surface area contributed by atoms with Crippen molar-refractivity contribution < 1.29 is 9.50 Å². The van der Waals surface area contributed by atoms with Crippen LogP contribution in [0.1, 0.15) is 5.82 Å². The number of aromatic hydroxyl groups is 1. The van der Waals surface area contributed by atoms with Crippen LogP contribution in [-0.2, 0) is 0 Å². The summed E-state index contributed by atoms with van der Waals surface area (Å²) in [5, 5.41) is 11.7. The molecule has 5 aromatic rings. The number of rotatable bonds is 6. The van der Waals surface area contributed by atoms with Crippen LogP contribution in [0.3, 0.4) is 0 Å². The summed E-state index contributed by atoms with van der Waals surface area (Å²) in [6.07, 6.45) is 3.86. The Morgan fingerprint density at radius 3 is 2.31 bits per heavy atom. The minimum atomic E-state index is -1.62. The molecule has 5 rings (SSSR count). The Morgan fingerprint density at radius 1 is 0.857 bits per heavy atom. The van der Waals surface area contributed by atoms with E-state index in [4.69, 9.17) is 4.98 Å². The Hall–Kier alpha value is -3.99. The average molecular weight is 528 g/mol. The van der Waals surface area contributed by atoms with Gasteiger partial charge < -0.3 is 0 Å². The van der Waals surface area contributed by atoms with Crippen molar-refractivity contribution in [3.05, 3.63) is 131 Å². The van der Waals surface area contributed by atoms with E-state index in [0.717, 1.165) is 4.46 Å². The standard InChI is InChI=1S/C29H22FN2O2Se/c30-21-16-18-22(19-17-21)32-28(31-25-12-5-4-11-24(25)29(32)34)15-8-20-35(23-9-2-1-3-10-23)27-14-7-6-13-26(27)33/h1-19,33H,20H2/b15-8+. The van der Waals surface area contributed by atoms with Gasteiger partial charge in [-0.25, -0.2) is 0 Å². The number of allylic oxidation sites excluding steroid dienone is 1.